The predicted molar refractivity (Wildman–Crippen MR) is 69.2 cm³/mol. The van der Waals surface area contributed by atoms with E-state index in [1.54, 1.807) is 6.92 Å². The predicted octanol–water partition coefficient (Wildman–Crippen LogP) is 4.16. The van der Waals surface area contributed by atoms with E-state index in [1.807, 2.05) is 0 Å². The van der Waals surface area contributed by atoms with Crippen molar-refractivity contribution in [2.75, 3.05) is 0 Å². The molecular formula is C15H19F2N. The molecule has 0 heterocycles. The van der Waals surface area contributed by atoms with Crippen LogP contribution in [0.2, 0.25) is 0 Å². The summed E-state index contributed by atoms with van der Waals surface area (Å²) < 4.78 is 27.6. The summed E-state index contributed by atoms with van der Waals surface area (Å²) in [6.45, 7) is 1.63. The maximum absolute atomic E-state index is 13.9. The van der Waals surface area contributed by atoms with E-state index in [0.29, 0.717) is 12.0 Å². The van der Waals surface area contributed by atoms with Gasteiger partial charge in [0.05, 0.1) is 0 Å². The highest BCUT2D eigenvalue weighted by Crippen LogP contribution is 2.29. The lowest BCUT2D eigenvalue weighted by Crippen LogP contribution is -2.16. The zero-order chi connectivity index (χ0) is 13.1. The Morgan fingerprint density at radius 2 is 2.06 bits per heavy atom. The summed E-state index contributed by atoms with van der Waals surface area (Å²) in [5.74, 6) is -1.04. The Morgan fingerprint density at radius 3 is 2.72 bits per heavy atom. The molecule has 1 unspecified atom stereocenters. The van der Waals surface area contributed by atoms with Crippen molar-refractivity contribution in [3.05, 3.63) is 46.5 Å². The molecule has 1 aliphatic rings. The van der Waals surface area contributed by atoms with E-state index >= 15 is 0 Å². The van der Waals surface area contributed by atoms with E-state index in [9.17, 15) is 8.78 Å². The van der Waals surface area contributed by atoms with Crippen LogP contribution in [0.25, 0.3) is 0 Å². The van der Waals surface area contributed by atoms with E-state index in [0.717, 1.165) is 19.3 Å². The summed E-state index contributed by atoms with van der Waals surface area (Å²) in [7, 11) is 0. The van der Waals surface area contributed by atoms with Gasteiger partial charge in [-0.05, 0) is 50.7 Å². The molecule has 0 aliphatic heterocycles. The van der Waals surface area contributed by atoms with Crippen molar-refractivity contribution >= 4 is 0 Å². The van der Waals surface area contributed by atoms with Gasteiger partial charge in [0.15, 0.2) is 0 Å². The quantitative estimate of drug-likeness (QED) is 0.802. The Hall–Kier alpha value is -1.22. The lowest BCUT2D eigenvalue weighted by molar-refractivity contribution is 0.513. The van der Waals surface area contributed by atoms with Crippen molar-refractivity contribution in [2.24, 2.45) is 5.73 Å². The van der Waals surface area contributed by atoms with Gasteiger partial charge in [-0.3, -0.25) is 0 Å². The van der Waals surface area contributed by atoms with E-state index < -0.39 is 17.7 Å². The molecule has 2 N–H and O–H groups in total. The van der Waals surface area contributed by atoms with Crippen molar-refractivity contribution in [3.8, 4) is 0 Å². The molecule has 1 atom stereocenters. The van der Waals surface area contributed by atoms with Gasteiger partial charge in [-0.1, -0.05) is 17.7 Å². The second-order valence-electron chi connectivity index (χ2n) is 5.01. The fourth-order valence-corrected chi connectivity index (χ4v) is 2.49. The number of nitrogens with two attached hydrogens (primary N) is 1. The number of rotatable bonds is 3. The summed E-state index contributed by atoms with van der Waals surface area (Å²) in [6.07, 6.45) is 7.12. The van der Waals surface area contributed by atoms with Crippen molar-refractivity contribution in [1.82, 2.24) is 0 Å². The SMILES string of the molecule is Cc1ccc(F)c(C(N)CC2=CCCCC2)c1F. The molecule has 0 bridgehead atoms. The maximum atomic E-state index is 13.9. The molecule has 18 heavy (non-hydrogen) atoms. The second-order valence-corrected chi connectivity index (χ2v) is 5.01. The van der Waals surface area contributed by atoms with Gasteiger partial charge in [-0.2, -0.15) is 0 Å². The lowest BCUT2D eigenvalue weighted by Gasteiger charge is -2.19. The van der Waals surface area contributed by atoms with Crippen molar-refractivity contribution in [3.63, 3.8) is 0 Å². The Bertz CT molecular complexity index is 466. The molecule has 1 aromatic carbocycles. The molecule has 1 aromatic rings. The molecular weight excluding hydrogens is 232 g/mol. The van der Waals surface area contributed by atoms with Crippen LogP contribution in [-0.2, 0) is 0 Å². The third-order valence-corrected chi connectivity index (χ3v) is 3.56. The summed E-state index contributed by atoms with van der Waals surface area (Å²) in [5, 5.41) is 0. The molecule has 98 valence electrons. The van der Waals surface area contributed by atoms with Crippen LogP contribution in [0.1, 0.15) is 49.3 Å². The third kappa shape index (κ3) is 2.78. The monoisotopic (exact) mass is 251 g/mol. The Balaban J connectivity index is 2.20. The number of benzene rings is 1. The normalized spacial score (nSPS) is 17.4. The topological polar surface area (TPSA) is 26.0 Å². The molecule has 3 heteroatoms. The van der Waals surface area contributed by atoms with Crippen molar-refractivity contribution in [1.29, 1.82) is 0 Å². The van der Waals surface area contributed by atoms with E-state index in [-0.39, 0.29) is 5.56 Å². The van der Waals surface area contributed by atoms with Crippen molar-refractivity contribution < 1.29 is 8.78 Å². The van der Waals surface area contributed by atoms with Gasteiger partial charge in [-0.25, -0.2) is 8.78 Å². The third-order valence-electron chi connectivity index (χ3n) is 3.56. The highest BCUT2D eigenvalue weighted by Gasteiger charge is 2.19. The van der Waals surface area contributed by atoms with Crippen LogP contribution in [-0.4, -0.2) is 0 Å². The first-order valence-electron chi connectivity index (χ1n) is 6.47. The Kier molecular flexibility index (Phi) is 4.12. The average Bonchev–Trinajstić information content (AvgIpc) is 2.36. The van der Waals surface area contributed by atoms with Crippen LogP contribution >= 0.6 is 0 Å². The molecule has 0 aromatic heterocycles. The Morgan fingerprint density at radius 1 is 1.28 bits per heavy atom. The highest BCUT2D eigenvalue weighted by molar-refractivity contribution is 5.30. The zero-order valence-electron chi connectivity index (χ0n) is 10.7. The molecule has 2 rings (SSSR count). The zero-order valence-corrected chi connectivity index (χ0v) is 10.7. The van der Waals surface area contributed by atoms with Gasteiger partial charge in [0.2, 0.25) is 0 Å². The average molecular weight is 251 g/mol. The summed E-state index contributed by atoms with van der Waals surface area (Å²) in [5.41, 5.74) is 7.68. The fourth-order valence-electron chi connectivity index (χ4n) is 2.49. The summed E-state index contributed by atoms with van der Waals surface area (Å²) >= 11 is 0. The molecule has 0 saturated carbocycles. The first kappa shape index (κ1) is 13.2. The van der Waals surface area contributed by atoms with Gasteiger partial charge in [0.1, 0.15) is 11.6 Å². The van der Waals surface area contributed by atoms with Crippen LogP contribution in [0, 0.1) is 18.6 Å². The number of halogens is 2. The molecule has 0 fully saturated rings. The van der Waals surface area contributed by atoms with E-state index in [1.165, 1.54) is 24.1 Å². The molecule has 1 nitrogen and oxygen atoms in total. The van der Waals surface area contributed by atoms with Crippen LogP contribution in [0.4, 0.5) is 8.78 Å². The number of aryl methyl sites for hydroxylation is 1. The molecule has 0 spiro atoms. The minimum Gasteiger partial charge on any atom is -0.324 e. The molecule has 0 amide bonds. The van der Waals surface area contributed by atoms with Gasteiger partial charge >= 0.3 is 0 Å². The van der Waals surface area contributed by atoms with Crippen molar-refractivity contribution in [2.45, 2.75) is 45.1 Å². The Labute approximate surface area is 107 Å². The summed E-state index contributed by atoms with van der Waals surface area (Å²) in [4.78, 5) is 0. The van der Waals surface area contributed by atoms with Gasteiger partial charge in [-0.15, -0.1) is 0 Å². The number of hydrogen-bond donors (Lipinski definition) is 1. The van der Waals surface area contributed by atoms with Crippen LogP contribution in [0.3, 0.4) is 0 Å². The first-order chi connectivity index (χ1) is 8.59. The fraction of sp³-hybridized carbons (Fsp3) is 0.467. The number of hydrogen-bond acceptors (Lipinski definition) is 1. The smallest absolute Gasteiger partial charge is 0.133 e. The van der Waals surface area contributed by atoms with Gasteiger partial charge in [0, 0.05) is 11.6 Å². The minimum absolute atomic E-state index is 0.0291. The maximum Gasteiger partial charge on any atom is 0.133 e. The summed E-state index contributed by atoms with van der Waals surface area (Å²) in [6, 6.07) is 2.15. The van der Waals surface area contributed by atoms with Crippen LogP contribution in [0.5, 0.6) is 0 Å². The van der Waals surface area contributed by atoms with Crippen LogP contribution in [0.15, 0.2) is 23.8 Å². The number of allylic oxidation sites excluding steroid dienone is 1. The second kappa shape index (κ2) is 5.61. The standard InChI is InChI=1S/C15H19F2N/c1-10-7-8-12(16)14(15(10)17)13(18)9-11-5-3-2-4-6-11/h5,7-8,13H,2-4,6,9,18H2,1H3. The molecule has 1 aliphatic carbocycles. The van der Waals surface area contributed by atoms with E-state index in [4.69, 9.17) is 5.73 Å². The molecule has 0 radical (unpaired) electrons. The van der Waals surface area contributed by atoms with E-state index in [2.05, 4.69) is 6.08 Å². The minimum atomic E-state index is -0.589. The van der Waals surface area contributed by atoms with Gasteiger partial charge in [0.25, 0.3) is 0 Å². The lowest BCUT2D eigenvalue weighted by atomic mass is 9.91. The largest absolute Gasteiger partial charge is 0.324 e. The molecule has 0 saturated heterocycles. The van der Waals surface area contributed by atoms with Crippen LogP contribution < -0.4 is 5.73 Å². The first-order valence-corrected chi connectivity index (χ1v) is 6.47. The highest BCUT2D eigenvalue weighted by atomic mass is 19.1. The van der Waals surface area contributed by atoms with Gasteiger partial charge < -0.3 is 5.73 Å².